The number of hydrogen-bond donors (Lipinski definition) is 1. The smallest absolute Gasteiger partial charge is 0.251 e. The highest BCUT2D eigenvalue weighted by molar-refractivity contribution is 7.92. The fourth-order valence-corrected chi connectivity index (χ4v) is 3.56. The number of ether oxygens (including phenoxy) is 2. The van der Waals surface area contributed by atoms with Crippen LogP contribution in [-0.4, -0.2) is 46.9 Å². The largest absolute Gasteiger partial charge is 0.486 e. The molecule has 0 saturated carbocycles. The van der Waals surface area contributed by atoms with Crippen molar-refractivity contribution in [2.24, 2.45) is 0 Å². The summed E-state index contributed by atoms with van der Waals surface area (Å²) in [6.07, 6.45) is 1.13. The molecule has 0 bridgehead atoms. The Hall–Kier alpha value is -2.74. The highest BCUT2D eigenvalue weighted by Crippen LogP contribution is 2.34. The molecule has 7 nitrogen and oxygen atoms in total. The number of carbonyl (C=O) groups excluding carboxylic acids is 1. The summed E-state index contributed by atoms with van der Waals surface area (Å²) in [5.74, 6) is 0.850. The van der Waals surface area contributed by atoms with Crippen molar-refractivity contribution in [1.82, 2.24) is 5.32 Å². The van der Waals surface area contributed by atoms with Gasteiger partial charge in [0.05, 0.1) is 18.5 Å². The molecule has 1 heterocycles. The Labute approximate surface area is 152 Å². The predicted octanol–water partition coefficient (Wildman–Crippen LogP) is 1.65. The third-order valence-electron chi connectivity index (χ3n) is 3.85. The Bertz CT molecular complexity index is 884. The van der Waals surface area contributed by atoms with Gasteiger partial charge in [0.25, 0.3) is 5.91 Å². The molecule has 0 spiro atoms. The number of nitrogens with one attached hydrogen (secondary N) is 1. The molecule has 1 aliphatic heterocycles. The van der Waals surface area contributed by atoms with E-state index in [2.05, 4.69) is 5.32 Å². The second-order valence-electron chi connectivity index (χ2n) is 5.79. The molecule has 0 radical (unpaired) electrons. The molecular weight excluding hydrogens is 356 g/mol. The molecule has 3 rings (SSSR count). The van der Waals surface area contributed by atoms with Gasteiger partial charge >= 0.3 is 0 Å². The summed E-state index contributed by atoms with van der Waals surface area (Å²) >= 11 is 0. The maximum absolute atomic E-state index is 12.2. The molecule has 0 fully saturated rings. The lowest BCUT2D eigenvalue weighted by Gasteiger charge is -2.25. The average Bonchev–Trinajstić information content (AvgIpc) is 2.64. The number of fused-ring (bicyclic) bond motifs is 1. The summed E-state index contributed by atoms with van der Waals surface area (Å²) in [6.45, 7) is 1.17. The fraction of sp³-hybridized carbons (Fsp3) is 0.278. The van der Waals surface area contributed by atoms with Crippen LogP contribution < -0.4 is 19.1 Å². The Kier molecular flexibility index (Phi) is 5.32. The Morgan fingerprint density at radius 1 is 1.08 bits per heavy atom. The van der Waals surface area contributed by atoms with Gasteiger partial charge in [0.2, 0.25) is 10.0 Å². The zero-order chi connectivity index (χ0) is 18.6. The monoisotopic (exact) mass is 376 g/mol. The Balaban J connectivity index is 1.70. The van der Waals surface area contributed by atoms with Crippen molar-refractivity contribution in [2.75, 3.05) is 36.9 Å². The number of hydrogen-bond acceptors (Lipinski definition) is 5. The van der Waals surface area contributed by atoms with E-state index in [0.717, 1.165) is 6.26 Å². The van der Waals surface area contributed by atoms with E-state index < -0.39 is 10.0 Å². The van der Waals surface area contributed by atoms with E-state index >= 15 is 0 Å². The van der Waals surface area contributed by atoms with Gasteiger partial charge in [0.15, 0.2) is 11.5 Å². The van der Waals surface area contributed by atoms with Gasteiger partial charge < -0.3 is 14.8 Å². The number of benzene rings is 2. The van der Waals surface area contributed by atoms with Crippen molar-refractivity contribution in [3.63, 3.8) is 0 Å². The van der Waals surface area contributed by atoms with Gasteiger partial charge in [-0.2, -0.15) is 0 Å². The van der Waals surface area contributed by atoms with E-state index in [1.54, 1.807) is 42.5 Å². The quantitative estimate of drug-likeness (QED) is 0.829. The molecule has 0 aliphatic carbocycles. The summed E-state index contributed by atoms with van der Waals surface area (Å²) in [7, 11) is -3.52. The summed E-state index contributed by atoms with van der Waals surface area (Å²) in [5, 5.41) is 2.73. The molecular formula is C18H20N2O5S. The van der Waals surface area contributed by atoms with E-state index in [1.165, 1.54) is 4.31 Å². The third kappa shape index (κ3) is 4.26. The van der Waals surface area contributed by atoms with Crippen LogP contribution >= 0.6 is 0 Å². The minimum Gasteiger partial charge on any atom is -0.486 e. The standard InChI is InChI=1S/C18H20N2O5S/c1-26(22,23)20(10-9-19-18(21)14-5-3-2-4-6-14)15-7-8-16-17(13-15)25-12-11-24-16/h2-8,13H,9-12H2,1H3,(H,19,21). The minimum atomic E-state index is -3.52. The summed E-state index contributed by atoms with van der Waals surface area (Å²) in [5.41, 5.74) is 0.989. The van der Waals surface area contributed by atoms with Crippen LogP contribution in [0.3, 0.4) is 0 Å². The first-order valence-electron chi connectivity index (χ1n) is 8.16. The van der Waals surface area contributed by atoms with Crippen LogP contribution in [0.15, 0.2) is 48.5 Å². The molecule has 138 valence electrons. The van der Waals surface area contributed by atoms with Crippen molar-refractivity contribution >= 4 is 21.6 Å². The normalized spacial score (nSPS) is 13.1. The van der Waals surface area contributed by atoms with Crippen molar-refractivity contribution in [1.29, 1.82) is 0 Å². The summed E-state index contributed by atoms with van der Waals surface area (Å²) in [4.78, 5) is 12.1. The molecule has 2 aromatic rings. The number of rotatable bonds is 6. The van der Waals surface area contributed by atoms with Gasteiger partial charge in [0, 0.05) is 18.2 Å². The van der Waals surface area contributed by atoms with Crippen LogP contribution in [0.1, 0.15) is 10.4 Å². The SMILES string of the molecule is CS(=O)(=O)N(CCNC(=O)c1ccccc1)c1ccc2c(c1)OCCO2. The van der Waals surface area contributed by atoms with Crippen molar-refractivity contribution in [3.05, 3.63) is 54.1 Å². The zero-order valence-corrected chi connectivity index (χ0v) is 15.2. The van der Waals surface area contributed by atoms with E-state index in [-0.39, 0.29) is 19.0 Å². The van der Waals surface area contributed by atoms with Crippen molar-refractivity contribution in [2.45, 2.75) is 0 Å². The molecule has 0 saturated heterocycles. The van der Waals surface area contributed by atoms with Crippen LogP contribution in [0.5, 0.6) is 11.5 Å². The van der Waals surface area contributed by atoms with Crippen LogP contribution in [0.25, 0.3) is 0 Å². The van der Waals surface area contributed by atoms with Gasteiger partial charge in [0.1, 0.15) is 13.2 Å². The maximum atomic E-state index is 12.2. The van der Waals surface area contributed by atoms with Crippen molar-refractivity contribution in [3.8, 4) is 11.5 Å². The van der Waals surface area contributed by atoms with Crippen LogP contribution in [0.4, 0.5) is 5.69 Å². The second-order valence-corrected chi connectivity index (χ2v) is 7.69. The molecule has 8 heteroatoms. The Morgan fingerprint density at radius 3 is 2.46 bits per heavy atom. The first-order chi connectivity index (χ1) is 12.4. The van der Waals surface area contributed by atoms with Gasteiger partial charge in [-0.05, 0) is 24.3 Å². The topological polar surface area (TPSA) is 84.9 Å². The summed E-state index contributed by atoms with van der Waals surface area (Å²) < 4.78 is 36.6. The highest BCUT2D eigenvalue weighted by Gasteiger charge is 2.21. The van der Waals surface area contributed by atoms with E-state index in [0.29, 0.717) is 36.0 Å². The molecule has 1 amide bonds. The lowest BCUT2D eigenvalue weighted by Crippen LogP contribution is -2.38. The molecule has 0 unspecified atom stereocenters. The number of anilines is 1. The highest BCUT2D eigenvalue weighted by atomic mass is 32.2. The molecule has 1 aliphatic rings. The molecule has 1 N–H and O–H groups in total. The maximum Gasteiger partial charge on any atom is 0.251 e. The Morgan fingerprint density at radius 2 is 1.77 bits per heavy atom. The van der Waals surface area contributed by atoms with Gasteiger partial charge in [-0.3, -0.25) is 9.10 Å². The van der Waals surface area contributed by atoms with E-state index in [9.17, 15) is 13.2 Å². The molecule has 0 atom stereocenters. The van der Waals surface area contributed by atoms with Crippen LogP contribution in [-0.2, 0) is 10.0 Å². The van der Waals surface area contributed by atoms with Gasteiger partial charge in [-0.25, -0.2) is 8.42 Å². The number of carbonyl (C=O) groups is 1. The van der Waals surface area contributed by atoms with Crippen LogP contribution in [0.2, 0.25) is 0 Å². The summed E-state index contributed by atoms with van der Waals surface area (Å²) in [6, 6.07) is 13.7. The van der Waals surface area contributed by atoms with E-state index in [1.807, 2.05) is 6.07 Å². The first-order valence-corrected chi connectivity index (χ1v) is 10.0. The second kappa shape index (κ2) is 7.65. The lowest BCUT2D eigenvalue weighted by molar-refractivity contribution is 0.0955. The number of nitrogens with zero attached hydrogens (tertiary/aromatic N) is 1. The number of sulfonamides is 1. The zero-order valence-electron chi connectivity index (χ0n) is 14.3. The number of amides is 1. The van der Waals surface area contributed by atoms with E-state index in [4.69, 9.17) is 9.47 Å². The molecule has 0 aromatic heterocycles. The molecule has 2 aromatic carbocycles. The van der Waals surface area contributed by atoms with Gasteiger partial charge in [-0.15, -0.1) is 0 Å². The fourth-order valence-electron chi connectivity index (χ4n) is 2.64. The first kappa shape index (κ1) is 18.1. The van der Waals surface area contributed by atoms with Crippen molar-refractivity contribution < 1.29 is 22.7 Å². The van der Waals surface area contributed by atoms with Crippen LogP contribution in [0, 0.1) is 0 Å². The lowest BCUT2D eigenvalue weighted by atomic mass is 10.2. The average molecular weight is 376 g/mol. The molecule has 26 heavy (non-hydrogen) atoms. The third-order valence-corrected chi connectivity index (χ3v) is 5.04. The van der Waals surface area contributed by atoms with Gasteiger partial charge in [-0.1, -0.05) is 18.2 Å². The minimum absolute atomic E-state index is 0.108. The predicted molar refractivity (Wildman–Crippen MR) is 98.4 cm³/mol.